The fourth-order valence-electron chi connectivity index (χ4n) is 1.35. The van der Waals surface area contributed by atoms with Gasteiger partial charge in [-0.1, -0.05) is 0 Å². The Hall–Kier alpha value is -2.07. The van der Waals surface area contributed by atoms with E-state index in [2.05, 4.69) is 4.98 Å². The van der Waals surface area contributed by atoms with E-state index in [1.165, 1.54) is 0 Å². The molecule has 82 valence electrons. The van der Waals surface area contributed by atoms with Gasteiger partial charge in [-0.25, -0.2) is 0 Å². The van der Waals surface area contributed by atoms with Gasteiger partial charge >= 0.3 is 0 Å². The van der Waals surface area contributed by atoms with E-state index in [1.807, 2.05) is 0 Å². The quantitative estimate of drug-likeness (QED) is 0.738. The Kier molecular flexibility index (Phi) is 3.03. The van der Waals surface area contributed by atoms with Crippen LogP contribution in [-0.4, -0.2) is 12.1 Å². The molecule has 2 rings (SSSR count). The maximum atomic E-state index is 11.9. The molecule has 4 heteroatoms. The molecule has 16 heavy (non-hydrogen) atoms. The van der Waals surface area contributed by atoms with Crippen LogP contribution in [0.4, 0.5) is 11.4 Å². The van der Waals surface area contributed by atoms with Crippen LogP contribution in [0.15, 0.2) is 48.8 Å². The zero-order chi connectivity index (χ0) is 11.4. The van der Waals surface area contributed by atoms with Crippen molar-refractivity contribution in [2.75, 3.05) is 12.2 Å². The van der Waals surface area contributed by atoms with Gasteiger partial charge < -0.3 is 15.0 Å². The first-order valence-electron chi connectivity index (χ1n) is 4.82. The van der Waals surface area contributed by atoms with Crippen molar-refractivity contribution >= 4 is 11.4 Å². The molecule has 0 aliphatic rings. The van der Waals surface area contributed by atoms with Crippen LogP contribution in [0.1, 0.15) is 0 Å². The zero-order valence-corrected chi connectivity index (χ0v) is 8.83. The third kappa shape index (κ3) is 2.12. The van der Waals surface area contributed by atoms with Crippen LogP contribution in [0, 0.1) is 5.21 Å². The van der Waals surface area contributed by atoms with Crippen LogP contribution < -0.4 is 9.80 Å². The minimum atomic E-state index is 0.556. The van der Waals surface area contributed by atoms with Crippen LogP contribution in [0.2, 0.25) is 0 Å². The van der Waals surface area contributed by atoms with E-state index in [1.54, 1.807) is 55.9 Å². The summed E-state index contributed by atoms with van der Waals surface area (Å²) in [5.74, 6) is 0.729. The molecular formula is C12H11N2O2-. The Bertz CT molecular complexity index is 442. The molecule has 1 heterocycles. The number of pyridine rings is 1. The summed E-state index contributed by atoms with van der Waals surface area (Å²) in [6.07, 6.45) is 3.17. The van der Waals surface area contributed by atoms with Crippen LogP contribution in [0.3, 0.4) is 0 Å². The van der Waals surface area contributed by atoms with Crippen LogP contribution in [-0.2, 0) is 0 Å². The molecule has 1 aromatic carbocycles. The van der Waals surface area contributed by atoms with Gasteiger partial charge in [0.05, 0.1) is 7.11 Å². The van der Waals surface area contributed by atoms with Crippen molar-refractivity contribution in [1.29, 1.82) is 0 Å². The summed E-state index contributed by atoms with van der Waals surface area (Å²) in [6.45, 7) is 0. The standard InChI is InChI=1S/C12H11N2O2/c1-16-12-4-2-10(3-5-12)14(15)11-6-8-13-9-7-11/h2-9H,1H3/q-1. The summed E-state index contributed by atoms with van der Waals surface area (Å²) in [7, 11) is 1.59. The minimum absolute atomic E-state index is 0.556. The van der Waals surface area contributed by atoms with Gasteiger partial charge in [0.15, 0.2) is 0 Å². The van der Waals surface area contributed by atoms with Crippen LogP contribution >= 0.6 is 0 Å². The highest BCUT2D eigenvalue weighted by Crippen LogP contribution is 2.25. The number of nitrogens with zero attached hydrogens (tertiary/aromatic N) is 2. The average molecular weight is 215 g/mol. The lowest BCUT2D eigenvalue weighted by molar-refractivity contribution is 0.415. The smallest absolute Gasteiger partial charge is 0.119 e. The number of anilines is 2. The van der Waals surface area contributed by atoms with Gasteiger partial charge in [0.2, 0.25) is 0 Å². The zero-order valence-electron chi connectivity index (χ0n) is 8.83. The SMILES string of the molecule is COc1ccc(N([O-])c2ccncc2)cc1. The largest absolute Gasteiger partial charge is 0.754 e. The predicted molar refractivity (Wildman–Crippen MR) is 62.7 cm³/mol. The molecular weight excluding hydrogens is 204 g/mol. The third-order valence-corrected chi connectivity index (χ3v) is 2.20. The van der Waals surface area contributed by atoms with Gasteiger partial charge in [0.1, 0.15) is 5.75 Å². The average Bonchev–Trinajstić information content (AvgIpc) is 2.39. The number of ether oxygens (including phenoxy) is 1. The first kappa shape index (κ1) is 10.4. The molecule has 0 amide bonds. The van der Waals surface area contributed by atoms with Crippen molar-refractivity contribution in [3.63, 3.8) is 0 Å². The van der Waals surface area contributed by atoms with Crippen molar-refractivity contribution in [2.24, 2.45) is 0 Å². The maximum Gasteiger partial charge on any atom is 0.119 e. The predicted octanol–water partition coefficient (Wildman–Crippen LogP) is 2.73. The molecule has 0 aliphatic carbocycles. The number of aromatic nitrogens is 1. The third-order valence-electron chi connectivity index (χ3n) is 2.20. The monoisotopic (exact) mass is 215 g/mol. The lowest BCUT2D eigenvalue weighted by Crippen LogP contribution is -2.06. The number of methoxy groups -OCH3 is 1. The summed E-state index contributed by atoms with van der Waals surface area (Å²) in [5.41, 5.74) is 1.12. The van der Waals surface area contributed by atoms with Crippen LogP contribution in [0.25, 0.3) is 0 Å². The molecule has 0 atom stereocenters. The van der Waals surface area contributed by atoms with E-state index >= 15 is 0 Å². The fourth-order valence-corrected chi connectivity index (χ4v) is 1.35. The normalized spacial score (nSPS) is 9.88. The van der Waals surface area contributed by atoms with Gasteiger partial charge in [-0.3, -0.25) is 4.98 Å². The molecule has 0 saturated carbocycles. The minimum Gasteiger partial charge on any atom is -0.754 e. The first-order valence-corrected chi connectivity index (χ1v) is 4.82. The summed E-state index contributed by atoms with van der Waals surface area (Å²) in [5, 5.41) is 12.7. The van der Waals surface area contributed by atoms with Crippen molar-refractivity contribution in [1.82, 2.24) is 4.98 Å². The number of rotatable bonds is 3. The second-order valence-corrected chi connectivity index (χ2v) is 3.20. The lowest BCUT2D eigenvalue weighted by Gasteiger charge is -2.30. The first-order chi connectivity index (χ1) is 7.81. The van der Waals surface area contributed by atoms with E-state index in [0.717, 1.165) is 10.8 Å². The molecule has 4 nitrogen and oxygen atoms in total. The summed E-state index contributed by atoms with van der Waals surface area (Å²) < 4.78 is 5.02. The number of hydrogen-bond donors (Lipinski definition) is 0. The molecule has 2 aromatic rings. The second-order valence-electron chi connectivity index (χ2n) is 3.20. The molecule has 0 aliphatic heterocycles. The molecule has 0 radical (unpaired) electrons. The second kappa shape index (κ2) is 4.63. The number of hydrogen-bond acceptors (Lipinski definition) is 4. The Morgan fingerprint density at radius 2 is 1.56 bits per heavy atom. The highest BCUT2D eigenvalue weighted by Gasteiger charge is 1.98. The molecule has 0 fully saturated rings. The van der Waals surface area contributed by atoms with E-state index in [0.29, 0.717) is 11.4 Å². The Morgan fingerprint density at radius 3 is 2.12 bits per heavy atom. The maximum absolute atomic E-state index is 11.9. The van der Waals surface area contributed by atoms with Crippen molar-refractivity contribution in [2.45, 2.75) is 0 Å². The molecule has 1 aromatic heterocycles. The molecule has 0 saturated heterocycles. The summed E-state index contributed by atoms with van der Waals surface area (Å²) >= 11 is 0. The Morgan fingerprint density at radius 1 is 1.00 bits per heavy atom. The fraction of sp³-hybridized carbons (Fsp3) is 0.0833. The van der Waals surface area contributed by atoms with Crippen molar-refractivity contribution < 1.29 is 4.74 Å². The molecule has 0 bridgehead atoms. The highest BCUT2D eigenvalue weighted by molar-refractivity contribution is 5.64. The van der Waals surface area contributed by atoms with Gasteiger partial charge in [-0.2, -0.15) is 0 Å². The molecule has 0 spiro atoms. The summed E-state index contributed by atoms with van der Waals surface area (Å²) in [4.78, 5) is 3.86. The van der Waals surface area contributed by atoms with Crippen molar-refractivity contribution in [3.05, 3.63) is 54.0 Å². The molecule has 0 N–H and O–H groups in total. The topological polar surface area (TPSA) is 48.4 Å². The van der Waals surface area contributed by atoms with E-state index < -0.39 is 0 Å². The van der Waals surface area contributed by atoms with E-state index in [4.69, 9.17) is 4.74 Å². The van der Waals surface area contributed by atoms with Gasteiger partial charge in [-0.15, -0.1) is 0 Å². The number of benzene rings is 1. The highest BCUT2D eigenvalue weighted by atomic mass is 16.5. The van der Waals surface area contributed by atoms with Gasteiger partial charge in [0.25, 0.3) is 0 Å². The lowest BCUT2D eigenvalue weighted by atomic mass is 10.3. The molecule has 0 unspecified atom stereocenters. The Balaban J connectivity index is 2.24. The van der Waals surface area contributed by atoms with E-state index in [-0.39, 0.29) is 0 Å². The van der Waals surface area contributed by atoms with Gasteiger partial charge in [-0.05, 0) is 36.4 Å². The van der Waals surface area contributed by atoms with E-state index in [9.17, 15) is 5.21 Å². The van der Waals surface area contributed by atoms with Gasteiger partial charge in [0, 0.05) is 23.8 Å². The summed E-state index contributed by atoms with van der Waals surface area (Å²) in [6, 6.07) is 10.3. The van der Waals surface area contributed by atoms with Crippen LogP contribution in [0.5, 0.6) is 5.75 Å². The Labute approximate surface area is 93.7 Å². The van der Waals surface area contributed by atoms with Crippen molar-refractivity contribution in [3.8, 4) is 5.75 Å².